The monoisotopic (exact) mass is 472 g/mol. The average molecular weight is 473 g/mol. The van der Waals surface area contributed by atoms with Crippen molar-refractivity contribution in [1.82, 2.24) is 5.32 Å². The van der Waals surface area contributed by atoms with Crippen molar-refractivity contribution in [2.45, 2.75) is 26.7 Å². The first-order chi connectivity index (χ1) is 14.1. The fraction of sp³-hybridized carbons (Fsp3) is 0.381. The maximum Gasteiger partial charge on any atom is 0.232 e. The largest absolute Gasteiger partial charge is 0.491 e. The second-order valence-electron chi connectivity index (χ2n) is 6.93. The summed E-state index contributed by atoms with van der Waals surface area (Å²) in [6, 6.07) is 10.5. The molecule has 30 heavy (non-hydrogen) atoms. The second-order valence-corrected chi connectivity index (χ2v) is 9.65. The zero-order valence-corrected chi connectivity index (χ0v) is 19.6. The number of rotatable bonds is 10. The number of carbonyl (C=O) groups is 1. The summed E-state index contributed by atoms with van der Waals surface area (Å²) in [7, 11) is -3.52. The normalized spacial score (nSPS) is 11.2. The SMILES string of the molecule is Cc1cccc(OCCNC(=O)CCCN(c2ccc(Cl)c(Cl)c2)S(C)(=O)=O)c1C. The van der Waals surface area contributed by atoms with Gasteiger partial charge >= 0.3 is 0 Å². The van der Waals surface area contributed by atoms with E-state index in [-0.39, 0.29) is 23.9 Å². The number of carbonyl (C=O) groups excluding carboxylic acids is 1. The minimum Gasteiger partial charge on any atom is -0.491 e. The Bertz CT molecular complexity index is 996. The van der Waals surface area contributed by atoms with E-state index in [0.717, 1.165) is 23.1 Å². The fourth-order valence-electron chi connectivity index (χ4n) is 2.83. The predicted molar refractivity (Wildman–Crippen MR) is 122 cm³/mol. The summed E-state index contributed by atoms with van der Waals surface area (Å²) in [6.07, 6.45) is 1.66. The predicted octanol–water partition coefficient (Wildman–Crippen LogP) is 4.35. The van der Waals surface area contributed by atoms with Crippen molar-refractivity contribution in [3.8, 4) is 5.75 Å². The van der Waals surface area contributed by atoms with Gasteiger partial charge in [0.2, 0.25) is 15.9 Å². The number of sulfonamides is 1. The minimum absolute atomic E-state index is 0.156. The van der Waals surface area contributed by atoms with Gasteiger partial charge in [-0.1, -0.05) is 35.3 Å². The smallest absolute Gasteiger partial charge is 0.232 e. The number of halogens is 2. The highest BCUT2D eigenvalue weighted by atomic mass is 35.5. The van der Waals surface area contributed by atoms with Crippen LogP contribution < -0.4 is 14.4 Å². The van der Waals surface area contributed by atoms with Gasteiger partial charge in [0.25, 0.3) is 0 Å². The lowest BCUT2D eigenvalue weighted by Gasteiger charge is -2.22. The molecule has 0 radical (unpaired) electrons. The Balaban J connectivity index is 1.80. The van der Waals surface area contributed by atoms with Crippen molar-refractivity contribution in [3.63, 3.8) is 0 Å². The maximum atomic E-state index is 12.1. The van der Waals surface area contributed by atoms with Crippen molar-refractivity contribution < 1.29 is 17.9 Å². The van der Waals surface area contributed by atoms with E-state index < -0.39 is 10.0 Å². The molecule has 0 heterocycles. The van der Waals surface area contributed by atoms with E-state index in [4.69, 9.17) is 27.9 Å². The van der Waals surface area contributed by atoms with Crippen LogP contribution in [0, 0.1) is 13.8 Å². The molecule has 0 fully saturated rings. The third-order valence-electron chi connectivity index (χ3n) is 4.59. The summed E-state index contributed by atoms with van der Waals surface area (Å²) in [5.41, 5.74) is 2.63. The Morgan fingerprint density at radius 3 is 2.53 bits per heavy atom. The van der Waals surface area contributed by atoms with E-state index >= 15 is 0 Å². The van der Waals surface area contributed by atoms with Gasteiger partial charge in [0.1, 0.15) is 12.4 Å². The Morgan fingerprint density at radius 2 is 1.87 bits per heavy atom. The van der Waals surface area contributed by atoms with E-state index in [0.29, 0.717) is 30.3 Å². The van der Waals surface area contributed by atoms with Crippen molar-refractivity contribution in [1.29, 1.82) is 0 Å². The van der Waals surface area contributed by atoms with Crippen LogP contribution in [0.5, 0.6) is 5.75 Å². The van der Waals surface area contributed by atoms with Crippen LogP contribution in [-0.2, 0) is 14.8 Å². The fourth-order valence-corrected chi connectivity index (χ4v) is 4.08. The molecule has 0 aliphatic heterocycles. The molecule has 1 N–H and O–H groups in total. The molecule has 9 heteroatoms. The summed E-state index contributed by atoms with van der Waals surface area (Å²) >= 11 is 11.9. The summed E-state index contributed by atoms with van der Waals surface area (Å²) in [6.45, 7) is 4.89. The van der Waals surface area contributed by atoms with Gasteiger partial charge in [-0.15, -0.1) is 0 Å². The molecular formula is C21H26Cl2N2O4S. The van der Waals surface area contributed by atoms with Crippen LogP contribution in [0.1, 0.15) is 24.0 Å². The second kappa shape index (κ2) is 10.9. The van der Waals surface area contributed by atoms with Gasteiger partial charge in [-0.25, -0.2) is 8.42 Å². The van der Waals surface area contributed by atoms with Crippen LogP contribution in [0.3, 0.4) is 0 Å². The Kier molecular flexibility index (Phi) is 8.82. The standard InChI is InChI=1S/C21H26Cl2N2O4S/c1-15-6-4-7-20(16(15)2)29-13-11-24-21(26)8-5-12-25(30(3,27)28)17-9-10-18(22)19(23)14-17/h4,6-7,9-10,14H,5,8,11-13H2,1-3H3,(H,24,26). The Hall–Kier alpha value is -1.96. The van der Waals surface area contributed by atoms with Gasteiger partial charge in [0.15, 0.2) is 0 Å². The molecule has 6 nitrogen and oxygen atoms in total. The number of nitrogens with one attached hydrogen (secondary N) is 1. The molecule has 0 unspecified atom stereocenters. The Morgan fingerprint density at radius 1 is 1.13 bits per heavy atom. The van der Waals surface area contributed by atoms with Crippen LogP contribution in [0.15, 0.2) is 36.4 Å². The van der Waals surface area contributed by atoms with Crippen molar-refractivity contribution in [2.24, 2.45) is 0 Å². The van der Waals surface area contributed by atoms with Gasteiger partial charge < -0.3 is 10.1 Å². The summed E-state index contributed by atoms with van der Waals surface area (Å²) < 4.78 is 31.2. The number of hydrogen-bond donors (Lipinski definition) is 1. The van der Waals surface area contributed by atoms with Crippen LogP contribution in [-0.4, -0.2) is 40.3 Å². The molecule has 0 atom stereocenters. The highest BCUT2D eigenvalue weighted by Gasteiger charge is 2.18. The molecule has 0 saturated carbocycles. The third kappa shape index (κ3) is 7.07. The van der Waals surface area contributed by atoms with Crippen LogP contribution >= 0.6 is 23.2 Å². The van der Waals surface area contributed by atoms with E-state index in [1.165, 1.54) is 10.4 Å². The molecule has 0 spiro atoms. The molecule has 0 aromatic heterocycles. The van der Waals surface area contributed by atoms with E-state index in [9.17, 15) is 13.2 Å². The lowest BCUT2D eigenvalue weighted by Crippen LogP contribution is -2.33. The molecule has 0 bridgehead atoms. The summed E-state index contributed by atoms with van der Waals surface area (Å²) in [5, 5.41) is 3.40. The van der Waals surface area contributed by atoms with Crippen molar-refractivity contribution in [3.05, 3.63) is 57.6 Å². The summed E-state index contributed by atoms with van der Waals surface area (Å²) in [5.74, 6) is 0.636. The lowest BCUT2D eigenvalue weighted by molar-refractivity contribution is -0.121. The highest BCUT2D eigenvalue weighted by molar-refractivity contribution is 7.92. The van der Waals surface area contributed by atoms with Crippen LogP contribution in [0.25, 0.3) is 0 Å². The van der Waals surface area contributed by atoms with Crippen LogP contribution in [0.4, 0.5) is 5.69 Å². The van der Waals surface area contributed by atoms with E-state index in [2.05, 4.69) is 5.32 Å². The molecule has 0 saturated heterocycles. The number of amides is 1. The van der Waals surface area contributed by atoms with Gasteiger partial charge in [0, 0.05) is 13.0 Å². The zero-order chi connectivity index (χ0) is 22.3. The van der Waals surface area contributed by atoms with Crippen molar-refractivity contribution in [2.75, 3.05) is 30.3 Å². The third-order valence-corrected chi connectivity index (χ3v) is 6.53. The first-order valence-electron chi connectivity index (χ1n) is 9.48. The molecule has 2 rings (SSSR count). The molecule has 164 valence electrons. The van der Waals surface area contributed by atoms with Crippen LogP contribution in [0.2, 0.25) is 10.0 Å². The van der Waals surface area contributed by atoms with Gasteiger partial charge in [0.05, 0.1) is 28.5 Å². The number of benzene rings is 2. The van der Waals surface area contributed by atoms with Gasteiger partial charge in [-0.3, -0.25) is 9.10 Å². The van der Waals surface area contributed by atoms with Gasteiger partial charge in [-0.05, 0) is 55.7 Å². The molecule has 0 aliphatic carbocycles. The Labute approximate surface area is 188 Å². The topological polar surface area (TPSA) is 75.7 Å². The molecular weight excluding hydrogens is 447 g/mol. The van der Waals surface area contributed by atoms with Crippen molar-refractivity contribution >= 4 is 44.8 Å². The summed E-state index contributed by atoms with van der Waals surface area (Å²) in [4.78, 5) is 12.1. The molecule has 2 aromatic carbocycles. The molecule has 0 aliphatic rings. The average Bonchev–Trinajstić information content (AvgIpc) is 2.67. The zero-order valence-electron chi connectivity index (χ0n) is 17.2. The molecule has 2 aromatic rings. The highest BCUT2D eigenvalue weighted by Crippen LogP contribution is 2.28. The number of hydrogen-bond acceptors (Lipinski definition) is 4. The molecule has 1 amide bonds. The quantitative estimate of drug-likeness (QED) is 0.521. The first-order valence-corrected chi connectivity index (χ1v) is 12.1. The van der Waals surface area contributed by atoms with E-state index in [1.807, 2.05) is 32.0 Å². The van der Waals surface area contributed by atoms with Gasteiger partial charge in [-0.2, -0.15) is 0 Å². The lowest BCUT2D eigenvalue weighted by atomic mass is 10.1. The number of nitrogens with zero attached hydrogens (tertiary/aromatic N) is 1. The minimum atomic E-state index is -3.52. The first kappa shape index (κ1) is 24.3. The number of aryl methyl sites for hydroxylation is 1. The number of anilines is 1. The number of ether oxygens (including phenoxy) is 1. The van der Waals surface area contributed by atoms with E-state index in [1.54, 1.807) is 12.1 Å². The maximum absolute atomic E-state index is 12.1.